The molecule has 7 nitrogen and oxygen atoms in total. The molecule has 2 aliphatic heterocycles. The Morgan fingerprint density at radius 1 is 1.00 bits per heavy atom. The number of benzene rings is 2. The zero-order valence-electron chi connectivity index (χ0n) is 15.4. The summed E-state index contributed by atoms with van der Waals surface area (Å²) < 4.78 is 6.15. The smallest absolute Gasteiger partial charge is 0.328 e. The van der Waals surface area contributed by atoms with Gasteiger partial charge in [0.2, 0.25) is 0 Å². The average molecular weight is 382 g/mol. The molecule has 0 aromatic heterocycles. The van der Waals surface area contributed by atoms with Crippen LogP contribution in [-0.2, 0) is 9.59 Å². The number of fused-ring (bicyclic) bond motifs is 5. The first kappa shape index (κ1) is 19.4. The molecular formula is C21H22N2O5. The number of para-hydroxylation sites is 1. The van der Waals surface area contributed by atoms with E-state index in [0.717, 1.165) is 30.3 Å². The quantitative estimate of drug-likeness (QED) is 0.541. The third-order valence-corrected chi connectivity index (χ3v) is 4.84. The molecule has 0 spiro atoms. The van der Waals surface area contributed by atoms with Crippen LogP contribution in [0.25, 0.3) is 0 Å². The zero-order chi connectivity index (χ0) is 20.3. The molecule has 0 radical (unpaired) electrons. The molecule has 2 heterocycles. The Kier molecular flexibility index (Phi) is 5.65. The van der Waals surface area contributed by atoms with Crippen LogP contribution in [0.15, 0.2) is 54.6 Å². The van der Waals surface area contributed by atoms with Gasteiger partial charge in [0.1, 0.15) is 11.5 Å². The van der Waals surface area contributed by atoms with Gasteiger partial charge in [0.15, 0.2) is 0 Å². The van der Waals surface area contributed by atoms with Gasteiger partial charge in [-0.3, -0.25) is 0 Å². The highest BCUT2D eigenvalue weighted by atomic mass is 16.5. The lowest BCUT2D eigenvalue weighted by Gasteiger charge is -2.17. The fraction of sp³-hybridized carbons (Fsp3) is 0.238. The van der Waals surface area contributed by atoms with Crippen molar-refractivity contribution in [2.24, 2.45) is 0 Å². The number of nitrogens with two attached hydrogens (primary N) is 1. The van der Waals surface area contributed by atoms with Crippen LogP contribution in [0.5, 0.6) is 11.5 Å². The first-order valence-electron chi connectivity index (χ1n) is 8.84. The van der Waals surface area contributed by atoms with Crippen LogP contribution in [0, 0.1) is 0 Å². The molecule has 2 aromatic rings. The fourth-order valence-corrected chi connectivity index (χ4v) is 3.72. The van der Waals surface area contributed by atoms with Crippen molar-refractivity contribution in [2.45, 2.75) is 11.8 Å². The number of aliphatic carboxylic acids is 2. The van der Waals surface area contributed by atoms with Gasteiger partial charge in [-0.1, -0.05) is 18.2 Å². The third-order valence-electron chi connectivity index (χ3n) is 4.84. The highest BCUT2D eigenvalue weighted by molar-refractivity contribution is 5.89. The van der Waals surface area contributed by atoms with Crippen molar-refractivity contribution >= 4 is 17.6 Å². The summed E-state index contributed by atoms with van der Waals surface area (Å²) in [6.07, 6.45) is 1.12. The van der Waals surface area contributed by atoms with E-state index in [1.54, 1.807) is 0 Å². The van der Waals surface area contributed by atoms with E-state index < -0.39 is 11.9 Å². The highest BCUT2D eigenvalue weighted by Gasteiger charge is 2.38. The van der Waals surface area contributed by atoms with Gasteiger partial charge in [0.05, 0.1) is 0 Å². The predicted octanol–water partition coefficient (Wildman–Crippen LogP) is 2.90. The van der Waals surface area contributed by atoms with Crippen molar-refractivity contribution < 1.29 is 24.5 Å². The molecular weight excluding hydrogens is 360 g/mol. The van der Waals surface area contributed by atoms with Crippen LogP contribution in [0.2, 0.25) is 0 Å². The van der Waals surface area contributed by atoms with Gasteiger partial charge in [0, 0.05) is 48.3 Å². The van der Waals surface area contributed by atoms with E-state index in [4.69, 9.17) is 20.7 Å². The molecule has 146 valence electrons. The number of hydrogen-bond donors (Lipinski definition) is 3. The summed E-state index contributed by atoms with van der Waals surface area (Å²) in [5, 5.41) is 15.6. The van der Waals surface area contributed by atoms with Crippen LogP contribution in [0.4, 0.5) is 5.69 Å². The Morgan fingerprint density at radius 2 is 1.57 bits per heavy atom. The number of carboxylic acid groups (broad SMARTS) is 2. The Labute approximate surface area is 162 Å². The molecule has 0 bridgehead atoms. The summed E-state index contributed by atoms with van der Waals surface area (Å²) in [7, 11) is 2.18. The van der Waals surface area contributed by atoms with E-state index in [1.807, 2.05) is 18.2 Å². The lowest BCUT2D eigenvalue weighted by molar-refractivity contribution is -0.134. The Hall–Kier alpha value is -3.32. The number of anilines is 1. The first-order chi connectivity index (χ1) is 13.3. The van der Waals surface area contributed by atoms with E-state index >= 15 is 0 Å². The minimum atomic E-state index is -1.26. The Balaban J connectivity index is 0.000000242. The third kappa shape index (κ3) is 4.32. The number of likely N-dealkylation sites (N-methyl/N-ethyl adjacent to an activating group) is 1. The van der Waals surface area contributed by atoms with Gasteiger partial charge >= 0.3 is 11.9 Å². The van der Waals surface area contributed by atoms with Crippen LogP contribution in [0.1, 0.15) is 23.0 Å². The van der Waals surface area contributed by atoms with E-state index in [1.165, 1.54) is 11.1 Å². The van der Waals surface area contributed by atoms with Crippen molar-refractivity contribution in [1.82, 2.24) is 4.90 Å². The lowest BCUT2D eigenvalue weighted by Crippen LogP contribution is -2.14. The average Bonchev–Trinajstić information content (AvgIpc) is 2.98. The van der Waals surface area contributed by atoms with Crippen molar-refractivity contribution in [3.8, 4) is 11.5 Å². The minimum Gasteiger partial charge on any atom is -0.478 e. The largest absolute Gasteiger partial charge is 0.478 e. The SMILES string of the molecule is CN1C[C@@H]2c3ccccc3Oc3ccc(N)cc3[C@H]2C1.O=C(O)/C=C/C(=O)O. The molecule has 28 heavy (non-hydrogen) atoms. The second kappa shape index (κ2) is 8.14. The number of likely N-dealkylation sites (tertiary alicyclic amines) is 1. The zero-order valence-corrected chi connectivity index (χ0v) is 15.4. The number of nitrogen functional groups attached to an aromatic ring is 1. The van der Waals surface area contributed by atoms with E-state index in [2.05, 4.69) is 36.2 Å². The molecule has 2 aliphatic rings. The van der Waals surface area contributed by atoms with E-state index in [-0.39, 0.29) is 0 Å². The van der Waals surface area contributed by atoms with Crippen molar-refractivity contribution in [3.05, 3.63) is 65.7 Å². The maximum atomic E-state index is 9.55. The van der Waals surface area contributed by atoms with Crippen LogP contribution in [-0.4, -0.2) is 47.2 Å². The van der Waals surface area contributed by atoms with Gasteiger partial charge < -0.3 is 25.6 Å². The van der Waals surface area contributed by atoms with Gasteiger partial charge in [-0.25, -0.2) is 9.59 Å². The summed E-state index contributed by atoms with van der Waals surface area (Å²) in [6, 6.07) is 14.4. The monoisotopic (exact) mass is 382 g/mol. The molecule has 0 unspecified atom stereocenters. The molecule has 4 N–H and O–H groups in total. The fourth-order valence-electron chi connectivity index (χ4n) is 3.72. The van der Waals surface area contributed by atoms with Crippen molar-refractivity contribution in [2.75, 3.05) is 25.9 Å². The van der Waals surface area contributed by atoms with E-state index in [9.17, 15) is 9.59 Å². The second-order valence-electron chi connectivity index (χ2n) is 6.88. The summed E-state index contributed by atoms with van der Waals surface area (Å²) in [6.45, 7) is 2.12. The maximum Gasteiger partial charge on any atom is 0.328 e. The van der Waals surface area contributed by atoms with E-state index in [0.29, 0.717) is 24.0 Å². The predicted molar refractivity (Wildman–Crippen MR) is 105 cm³/mol. The summed E-state index contributed by atoms with van der Waals surface area (Å²) in [5.74, 6) is 0.372. The minimum absolute atomic E-state index is 0.460. The van der Waals surface area contributed by atoms with Crippen molar-refractivity contribution in [3.63, 3.8) is 0 Å². The number of carbonyl (C=O) groups is 2. The normalized spacial score (nSPS) is 20.0. The summed E-state index contributed by atoms with van der Waals surface area (Å²) in [5.41, 5.74) is 9.36. The number of nitrogens with zero attached hydrogens (tertiary/aromatic N) is 1. The molecule has 4 rings (SSSR count). The number of ether oxygens (including phenoxy) is 1. The molecule has 0 saturated carbocycles. The van der Waals surface area contributed by atoms with Crippen LogP contribution >= 0.6 is 0 Å². The molecule has 2 aromatic carbocycles. The lowest BCUT2D eigenvalue weighted by atomic mass is 9.84. The maximum absolute atomic E-state index is 9.55. The van der Waals surface area contributed by atoms with Gasteiger partial charge in [-0.15, -0.1) is 0 Å². The first-order valence-corrected chi connectivity index (χ1v) is 8.84. The van der Waals surface area contributed by atoms with Crippen LogP contribution < -0.4 is 10.5 Å². The molecule has 0 aliphatic carbocycles. The van der Waals surface area contributed by atoms with Gasteiger partial charge in [-0.05, 0) is 36.9 Å². The number of carboxylic acids is 2. The summed E-state index contributed by atoms with van der Waals surface area (Å²) >= 11 is 0. The standard InChI is InChI=1S/C17H18N2O.C4H4O4/c1-19-9-14-12-4-2-3-5-16(12)20-17-7-6-11(18)8-13(17)15(14)10-19;5-3(6)1-2-4(7)8/h2-8,14-15H,9-10,18H2,1H3;1-2H,(H,5,6)(H,7,8)/b;2-1+/t14-,15-;/m1./s1. The molecule has 1 fully saturated rings. The highest BCUT2D eigenvalue weighted by Crippen LogP contribution is 2.49. The topological polar surface area (TPSA) is 113 Å². The van der Waals surface area contributed by atoms with Gasteiger partial charge in [0.25, 0.3) is 0 Å². The number of hydrogen-bond acceptors (Lipinski definition) is 5. The molecule has 0 amide bonds. The molecule has 2 atom stereocenters. The molecule has 1 saturated heterocycles. The summed E-state index contributed by atoms with van der Waals surface area (Å²) in [4.78, 5) is 21.5. The Morgan fingerprint density at radius 3 is 2.21 bits per heavy atom. The second-order valence-corrected chi connectivity index (χ2v) is 6.88. The Bertz CT molecular complexity index is 909. The van der Waals surface area contributed by atoms with Gasteiger partial charge in [-0.2, -0.15) is 0 Å². The van der Waals surface area contributed by atoms with Crippen LogP contribution in [0.3, 0.4) is 0 Å². The number of rotatable bonds is 2. The van der Waals surface area contributed by atoms with Crippen molar-refractivity contribution in [1.29, 1.82) is 0 Å². The molecule has 7 heteroatoms.